The van der Waals surface area contributed by atoms with Crippen LogP contribution in [0.25, 0.3) is 0 Å². The van der Waals surface area contributed by atoms with E-state index < -0.39 is 0 Å². The molecule has 1 aliphatic heterocycles. The van der Waals surface area contributed by atoms with E-state index in [-0.39, 0.29) is 0 Å². The second kappa shape index (κ2) is 3.54. The Morgan fingerprint density at radius 1 is 1.50 bits per heavy atom. The van der Waals surface area contributed by atoms with Crippen LogP contribution in [0.1, 0.15) is 24.5 Å². The van der Waals surface area contributed by atoms with Crippen molar-refractivity contribution in [2.75, 3.05) is 20.1 Å². The monoisotopic (exact) mass is 182 g/mol. The first-order valence-electron chi connectivity index (χ1n) is 4.43. The van der Waals surface area contributed by atoms with Crippen LogP contribution in [0.15, 0.2) is 10.9 Å². The highest BCUT2D eigenvalue weighted by Crippen LogP contribution is 2.26. The summed E-state index contributed by atoms with van der Waals surface area (Å²) >= 11 is 1.71. The summed E-state index contributed by atoms with van der Waals surface area (Å²) in [6, 6.07) is 0. The second-order valence-electron chi connectivity index (χ2n) is 3.49. The van der Waals surface area contributed by atoms with Crippen LogP contribution in [0.3, 0.4) is 0 Å². The van der Waals surface area contributed by atoms with Crippen molar-refractivity contribution in [1.29, 1.82) is 0 Å². The molecule has 1 aromatic rings. The van der Waals surface area contributed by atoms with Gasteiger partial charge >= 0.3 is 0 Å². The first-order chi connectivity index (χ1) is 5.86. The fourth-order valence-corrected chi connectivity index (χ4v) is 2.36. The average Bonchev–Trinajstić information content (AvgIpc) is 2.58. The number of hydrogen-bond donors (Lipinski definition) is 0. The van der Waals surface area contributed by atoms with E-state index in [2.05, 4.69) is 22.3 Å². The van der Waals surface area contributed by atoms with Gasteiger partial charge in [0.15, 0.2) is 0 Å². The Morgan fingerprint density at radius 3 is 2.83 bits per heavy atom. The first-order valence-corrected chi connectivity index (χ1v) is 5.37. The molecule has 1 fully saturated rings. The van der Waals surface area contributed by atoms with E-state index in [0.717, 1.165) is 5.92 Å². The van der Waals surface area contributed by atoms with Crippen molar-refractivity contribution in [2.45, 2.75) is 18.8 Å². The summed E-state index contributed by atoms with van der Waals surface area (Å²) in [4.78, 5) is 6.76. The Kier molecular flexibility index (Phi) is 2.42. The van der Waals surface area contributed by atoms with Crippen LogP contribution >= 0.6 is 11.3 Å². The molecule has 1 aromatic heterocycles. The third kappa shape index (κ3) is 1.67. The third-order valence-electron chi connectivity index (χ3n) is 2.59. The highest BCUT2D eigenvalue weighted by atomic mass is 32.1. The fourth-order valence-electron chi connectivity index (χ4n) is 1.73. The molecule has 0 spiro atoms. The van der Waals surface area contributed by atoms with E-state index in [1.54, 1.807) is 11.3 Å². The molecule has 1 aliphatic rings. The van der Waals surface area contributed by atoms with Crippen molar-refractivity contribution in [3.8, 4) is 0 Å². The zero-order chi connectivity index (χ0) is 8.39. The zero-order valence-electron chi connectivity index (χ0n) is 7.36. The molecule has 0 saturated carbocycles. The van der Waals surface area contributed by atoms with Crippen molar-refractivity contribution >= 4 is 11.3 Å². The minimum absolute atomic E-state index is 0.729. The van der Waals surface area contributed by atoms with E-state index in [4.69, 9.17) is 0 Å². The molecule has 0 bridgehead atoms. The number of nitrogens with zero attached hydrogens (tertiary/aromatic N) is 2. The van der Waals surface area contributed by atoms with Gasteiger partial charge in [-0.3, -0.25) is 0 Å². The van der Waals surface area contributed by atoms with Gasteiger partial charge < -0.3 is 4.90 Å². The summed E-state index contributed by atoms with van der Waals surface area (Å²) in [6.45, 7) is 2.45. The number of likely N-dealkylation sites (tertiary alicyclic amines) is 1. The van der Waals surface area contributed by atoms with Gasteiger partial charge in [-0.1, -0.05) is 0 Å². The Hall–Kier alpha value is -0.410. The minimum Gasteiger partial charge on any atom is -0.306 e. The molecule has 0 aliphatic carbocycles. The standard InChI is InChI=1S/C9H14N2S/c1-11-4-2-8(3-5-11)9-6-12-7-10-9/h6-8H,2-5H2,1H3. The molecule has 3 heteroatoms. The maximum atomic E-state index is 4.36. The lowest BCUT2D eigenvalue weighted by Crippen LogP contribution is -2.29. The quantitative estimate of drug-likeness (QED) is 0.660. The van der Waals surface area contributed by atoms with E-state index in [9.17, 15) is 0 Å². The molecule has 1 saturated heterocycles. The van der Waals surface area contributed by atoms with Gasteiger partial charge in [-0.05, 0) is 33.0 Å². The molecule has 0 amide bonds. The lowest BCUT2D eigenvalue weighted by atomic mass is 9.95. The van der Waals surface area contributed by atoms with Gasteiger partial charge in [0.05, 0.1) is 11.2 Å². The molecular weight excluding hydrogens is 168 g/mol. The summed E-state index contributed by atoms with van der Waals surface area (Å²) in [5.41, 5.74) is 3.25. The molecule has 0 aromatic carbocycles. The molecule has 2 rings (SSSR count). The summed E-state index contributed by atoms with van der Waals surface area (Å²) < 4.78 is 0. The molecule has 2 nitrogen and oxygen atoms in total. The fraction of sp³-hybridized carbons (Fsp3) is 0.667. The summed E-state index contributed by atoms with van der Waals surface area (Å²) in [6.07, 6.45) is 2.56. The average molecular weight is 182 g/mol. The third-order valence-corrected chi connectivity index (χ3v) is 3.19. The van der Waals surface area contributed by atoms with Gasteiger partial charge in [0.1, 0.15) is 0 Å². The van der Waals surface area contributed by atoms with Crippen molar-refractivity contribution in [3.05, 3.63) is 16.6 Å². The van der Waals surface area contributed by atoms with Crippen LogP contribution in [0.4, 0.5) is 0 Å². The molecular formula is C9H14N2S. The summed E-state index contributed by atoms with van der Waals surface area (Å²) in [7, 11) is 2.19. The van der Waals surface area contributed by atoms with Gasteiger partial charge in [-0.25, -0.2) is 4.98 Å². The van der Waals surface area contributed by atoms with E-state index in [1.165, 1.54) is 31.6 Å². The van der Waals surface area contributed by atoms with E-state index in [1.807, 2.05) is 5.51 Å². The predicted octanol–water partition coefficient (Wildman–Crippen LogP) is 1.95. The van der Waals surface area contributed by atoms with Crippen molar-refractivity contribution < 1.29 is 0 Å². The maximum absolute atomic E-state index is 4.36. The smallest absolute Gasteiger partial charge is 0.0794 e. The van der Waals surface area contributed by atoms with Gasteiger partial charge in [-0.2, -0.15) is 0 Å². The topological polar surface area (TPSA) is 16.1 Å². The zero-order valence-corrected chi connectivity index (χ0v) is 8.18. The number of rotatable bonds is 1. The highest BCUT2D eigenvalue weighted by molar-refractivity contribution is 7.07. The van der Waals surface area contributed by atoms with Gasteiger partial charge in [-0.15, -0.1) is 11.3 Å². The largest absolute Gasteiger partial charge is 0.306 e. The Labute approximate surface area is 77.2 Å². The SMILES string of the molecule is CN1CCC(c2cscn2)CC1. The van der Waals surface area contributed by atoms with Crippen LogP contribution in [0.2, 0.25) is 0 Å². The maximum Gasteiger partial charge on any atom is 0.0794 e. The summed E-state index contributed by atoms with van der Waals surface area (Å²) in [5.74, 6) is 0.729. The highest BCUT2D eigenvalue weighted by Gasteiger charge is 2.19. The first kappa shape index (κ1) is 8.20. The van der Waals surface area contributed by atoms with Crippen LogP contribution in [0.5, 0.6) is 0 Å². The normalized spacial score (nSPS) is 21.4. The van der Waals surface area contributed by atoms with Gasteiger partial charge in [0.2, 0.25) is 0 Å². The van der Waals surface area contributed by atoms with Crippen molar-refractivity contribution in [1.82, 2.24) is 9.88 Å². The van der Waals surface area contributed by atoms with Crippen molar-refractivity contribution in [2.24, 2.45) is 0 Å². The number of thiazole rings is 1. The number of piperidine rings is 1. The molecule has 0 atom stereocenters. The molecule has 0 N–H and O–H groups in total. The van der Waals surface area contributed by atoms with E-state index >= 15 is 0 Å². The van der Waals surface area contributed by atoms with Gasteiger partial charge in [0, 0.05) is 11.3 Å². The minimum atomic E-state index is 0.729. The molecule has 0 radical (unpaired) electrons. The van der Waals surface area contributed by atoms with Crippen LogP contribution in [-0.4, -0.2) is 30.0 Å². The molecule has 12 heavy (non-hydrogen) atoms. The van der Waals surface area contributed by atoms with Crippen molar-refractivity contribution in [3.63, 3.8) is 0 Å². The van der Waals surface area contributed by atoms with Crippen LogP contribution in [-0.2, 0) is 0 Å². The predicted molar refractivity (Wildman–Crippen MR) is 51.6 cm³/mol. The van der Waals surface area contributed by atoms with E-state index in [0.29, 0.717) is 0 Å². The van der Waals surface area contributed by atoms with Gasteiger partial charge in [0.25, 0.3) is 0 Å². The summed E-state index contributed by atoms with van der Waals surface area (Å²) in [5, 5.41) is 2.19. The Morgan fingerprint density at radius 2 is 2.25 bits per heavy atom. The number of hydrogen-bond acceptors (Lipinski definition) is 3. The molecule has 0 unspecified atom stereocenters. The Balaban J connectivity index is 1.99. The lowest BCUT2D eigenvalue weighted by Gasteiger charge is -2.27. The Bertz CT molecular complexity index is 225. The number of aromatic nitrogens is 1. The van der Waals surface area contributed by atoms with Crippen LogP contribution < -0.4 is 0 Å². The molecule has 66 valence electrons. The second-order valence-corrected chi connectivity index (χ2v) is 4.21. The molecule has 2 heterocycles. The van der Waals surface area contributed by atoms with Crippen LogP contribution in [0, 0.1) is 0 Å². The lowest BCUT2D eigenvalue weighted by molar-refractivity contribution is 0.253.